The van der Waals surface area contributed by atoms with Crippen molar-refractivity contribution in [2.75, 3.05) is 19.2 Å². The number of nitrogens with zero attached hydrogens (tertiary/aromatic N) is 3. The number of carbonyl (C=O) groups is 1. The number of hydrazone groups is 2. The molecule has 0 aromatic heterocycles. The van der Waals surface area contributed by atoms with Gasteiger partial charge in [-0.3, -0.25) is 9.80 Å². The normalized spacial score (nSPS) is 14.8. The molecule has 5 rings (SSSR count). The summed E-state index contributed by atoms with van der Waals surface area (Å²) in [5.41, 5.74) is 8.14. The molecule has 1 heterocycles. The number of rotatable bonds is 8. The topological polar surface area (TPSA) is 75.5 Å². The Morgan fingerprint density at radius 2 is 1.51 bits per heavy atom. The van der Waals surface area contributed by atoms with Crippen LogP contribution in [0.25, 0.3) is 0 Å². The van der Waals surface area contributed by atoms with Crippen LogP contribution in [-0.4, -0.2) is 32.1 Å². The number of amides is 1. The van der Waals surface area contributed by atoms with Gasteiger partial charge in [0, 0.05) is 16.5 Å². The van der Waals surface area contributed by atoms with E-state index in [1.54, 1.807) is 44.7 Å². The number of anilines is 1. The molecule has 0 spiro atoms. The van der Waals surface area contributed by atoms with Gasteiger partial charge < -0.3 is 9.47 Å². The first-order valence-corrected chi connectivity index (χ1v) is 13.2. The van der Waals surface area contributed by atoms with Crippen molar-refractivity contribution < 1.29 is 14.3 Å². The molecule has 0 radical (unpaired) electrons. The number of hydrogen-bond acceptors (Lipinski definition) is 6. The van der Waals surface area contributed by atoms with E-state index in [0.717, 1.165) is 39.2 Å². The second kappa shape index (κ2) is 12.0. The molecule has 1 aliphatic heterocycles. The van der Waals surface area contributed by atoms with E-state index in [0.29, 0.717) is 11.3 Å². The minimum atomic E-state index is -0.291. The van der Waals surface area contributed by atoms with Crippen LogP contribution in [0.1, 0.15) is 39.5 Å². The Morgan fingerprint density at radius 3 is 2.13 bits per heavy atom. The lowest BCUT2D eigenvalue weighted by atomic mass is 9.98. The fourth-order valence-corrected chi connectivity index (χ4v) is 4.60. The highest BCUT2D eigenvalue weighted by atomic mass is 79.9. The Kier molecular flexibility index (Phi) is 8.03. The molecule has 1 aliphatic rings. The van der Waals surface area contributed by atoms with Gasteiger partial charge in [0.2, 0.25) is 0 Å². The summed E-state index contributed by atoms with van der Waals surface area (Å²) in [5, 5.41) is 11.2. The lowest BCUT2D eigenvalue weighted by Gasteiger charge is -2.24. The van der Waals surface area contributed by atoms with Gasteiger partial charge in [-0.1, -0.05) is 40.2 Å². The number of benzene rings is 4. The van der Waals surface area contributed by atoms with Gasteiger partial charge in [-0.2, -0.15) is 10.2 Å². The zero-order valence-corrected chi connectivity index (χ0v) is 23.1. The fraction of sp³-hybridized carbons (Fsp3) is 0.129. The molecule has 0 unspecified atom stereocenters. The van der Waals surface area contributed by atoms with E-state index in [1.165, 1.54) is 5.56 Å². The number of ether oxygens (including phenoxy) is 2. The lowest BCUT2D eigenvalue weighted by Crippen LogP contribution is -2.18. The Balaban J connectivity index is 1.33. The maximum atomic E-state index is 12.3. The Bertz CT molecular complexity index is 1480. The molecule has 0 bridgehead atoms. The lowest BCUT2D eigenvalue weighted by molar-refractivity contribution is 0.0955. The largest absolute Gasteiger partial charge is 0.497 e. The summed E-state index contributed by atoms with van der Waals surface area (Å²) >= 11 is 3.53. The Labute approximate surface area is 235 Å². The fourth-order valence-electron chi connectivity index (χ4n) is 4.34. The number of methoxy groups -OCH3 is 2. The highest BCUT2D eigenvalue weighted by Gasteiger charge is 2.30. The average Bonchev–Trinajstić information content (AvgIpc) is 3.43. The average molecular weight is 583 g/mol. The molecular weight excluding hydrogens is 556 g/mol. The SMILES string of the molecule is COc1ccc(C(=O)NN=Cc2ccc(N3N=C(c4ccc(OC)cc4)C[C@H]3c3ccc(Br)cc3)cc2)cc1. The Hall–Kier alpha value is -4.43. The van der Waals surface area contributed by atoms with Crippen molar-refractivity contribution in [1.82, 2.24) is 5.43 Å². The quantitative estimate of drug-likeness (QED) is 0.188. The summed E-state index contributed by atoms with van der Waals surface area (Å²) < 4.78 is 11.5. The maximum Gasteiger partial charge on any atom is 0.271 e. The van der Waals surface area contributed by atoms with E-state index in [9.17, 15) is 4.79 Å². The third-order valence-electron chi connectivity index (χ3n) is 6.48. The molecule has 1 N–H and O–H groups in total. The predicted molar refractivity (Wildman–Crippen MR) is 158 cm³/mol. The summed E-state index contributed by atoms with van der Waals surface area (Å²) in [5.74, 6) is 1.22. The van der Waals surface area contributed by atoms with Gasteiger partial charge in [0.1, 0.15) is 11.5 Å². The number of hydrogen-bond donors (Lipinski definition) is 1. The highest BCUT2D eigenvalue weighted by Crippen LogP contribution is 2.37. The van der Waals surface area contributed by atoms with Crippen LogP contribution in [0.5, 0.6) is 11.5 Å². The van der Waals surface area contributed by atoms with Crippen molar-refractivity contribution in [1.29, 1.82) is 0 Å². The molecule has 196 valence electrons. The second-order valence-electron chi connectivity index (χ2n) is 8.91. The van der Waals surface area contributed by atoms with E-state index in [1.807, 2.05) is 48.5 Å². The zero-order valence-electron chi connectivity index (χ0n) is 21.5. The van der Waals surface area contributed by atoms with Crippen molar-refractivity contribution in [3.63, 3.8) is 0 Å². The molecule has 4 aromatic rings. The van der Waals surface area contributed by atoms with Crippen LogP contribution in [0, 0.1) is 0 Å². The first kappa shape index (κ1) is 26.2. The highest BCUT2D eigenvalue weighted by molar-refractivity contribution is 9.10. The van der Waals surface area contributed by atoms with E-state index in [-0.39, 0.29) is 11.9 Å². The van der Waals surface area contributed by atoms with Crippen LogP contribution in [0.4, 0.5) is 5.69 Å². The van der Waals surface area contributed by atoms with E-state index in [4.69, 9.17) is 14.6 Å². The molecule has 8 heteroatoms. The number of halogens is 1. The van der Waals surface area contributed by atoms with Gasteiger partial charge in [-0.15, -0.1) is 0 Å². The molecule has 0 saturated heterocycles. The molecule has 0 aliphatic carbocycles. The van der Waals surface area contributed by atoms with Crippen LogP contribution < -0.4 is 19.9 Å². The molecular formula is C31H27BrN4O3. The third-order valence-corrected chi connectivity index (χ3v) is 7.01. The van der Waals surface area contributed by atoms with Crippen LogP contribution in [0.3, 0.4) is 0 Å². The van der Waals surface area contributed by atoms with Crippen molar-refractivity contribution in [2.45, 2.75) is 12.5 Å². The number of carbonyl (C=O) groups excluding carboxylic acids is 1. The molecule has 1 atom stereocenters. The van der Waals surface area contributed by atoms with Gasteiger partial charge in [0.15, 0.2) is 0 Å². The molecule has 0 fully saturated rings. The predicted octanol–water partition coefficient (Wildman–Crippen LogP) is 6.59. The first-order chi connectivity index (χ1) is 19.0. The van der Waals surface area contributed by atoms with Crippen LogP contribution in [-0.2, 0) is 0 Å². The van der Waals surface area contributed by atoms with Crippen molar-refractivity contribution in [3.05, 3.63) is 124 Å². The summed E-state index contributed by atoms with van der Waals surface area (Å²) in [6.45, 7) is 0. The van der Waals surface area contributed by atoms with Gasteiger partial charge in [-0.05, 0) is 89.5 Å². The van der Waals surface area contributed by atoms with Gasteiger partial charge in [-0.25, -0.2) is 5.43 Å². The Morgan fingerprint density at radius 1 is 0.897 bits per heavy atom. The summed E-state index contributed by atoms with van der Waals surface area (Å²) in [7, 11) is 3.25. The van der Waals surface area contributed by atoms with Crippen molar-refractivity contribution in [2.24, 2.45) is 10.2 Å². The monoisotopic (exact) mass is 582 g/mol. The van der Waals surface area contributed by atoms with Crippen LogP contribution >= 0.6 is 15.9 Å². The molecule has 7 nitrogen and oxygen atoms in total. The standard InChI is InChI=1S/C31H27BrN4O3/c1-38-27-15-7-22(8-16-27)29-19-30(23-5-11-25(32)12-6-23)36(35-29)26-13-3-21(4-14-26)20-33-34-31(37)24-9-17-28(39-2)18-10-24/h3-18,20,30H,19H2,1-2H3,(H,34,37)/t30-/m0/s1. The van der Waals surface area contributed by atoms with Gasteiger partial charge in [0.05, 0.1) is 37.9 Å². The van der Waals surface area contributed by atoms with Gasteiger partial charge >= 0.3 is 0 Å². The summed E-state index contributed by atoms with van der Waals surface area (Å²) in [4.78, 5) is 12.3. The minimum Gasteiger partial charge on any atom is -0.497 e. The maximum absolute atomic E-state index is 12.3. The van der Waals surface area contributed by atoms with E-state index >= 15 is 0 Å². The van der Waals surface area contributed by atoms with E-state index < -0.39 is 0 Å². The molecule has 1 amide bonds. The van der Waals surface area contributed by atoms with Crippen LogP contribution in [0.2, 0.25) is 0 Å². The van der Waals surface area contributed by atoms with E-state index in [2.05, 4.69) is 55.7 Å². The summed E-state index contributed by atoms with van der Waals surface area (Å²) in [6, 6.07) is 31.2. The molecule has 4 aromatic carbocycles. The first-order valence-electron chi connectivity index (χ1n) is 12.4. The minimum absolute atomic E-state index is 0.0542. The van der Waals surface area contributed by atoms with Crippen molar-refractivity contribution in [3.8, 4) is 11.5 Å². The molecule has 39 heavy (non-hydrogen) atoms. The smallest absolute Gasteiger partial charge is 0.271 e. The van der Waals surface area contributed by atoms with Crippen LogP contribution in [0.15, 0.2) is 112 Å². The molecule has 0 saturated carbocycles. The third kappa shape index (κ3) is 6.18. The van der Waals surface area contributed by atoms with Gasteiger partial charge in [0.25, 0.3) is 5.91 Å². The number of nitrogens with one attached hydrogen (secondary N) is 1. The van der Waals surface area contributed by atoms with Crippen molar-refractivity contribution >= 4 is 39.5 Å². The summed E-state index contributed by atoms with van der Waals surface area (Å²) in [6.07, 6.45) is 2.39. The zero-order chi connectivity index (χ0) is 27.2. The second-order valence-corrected chi connectivity index (χ2v) is 9.83.